The molecule has 1 unspecified atom stereocenters. The van der Waals surface area contributed by atoms with E-state index in [2.05, 4.69) is 10.3 Å². The van der Waals surface area contributed by atoms with Gasteiger partial charge in [-0.15, -0.1) is 11.3 Å². The minimum absolute atomic E-state index is 0.544. The summed E-state index contributed by atoms with van der Waals surface area (Å²) >= 11 is 1.61. The fraction of sp³-hybridized carbons (Fsp3) is 0.625. The van der Waals surface area contributed by atoms with E-state index in [1.807, 2.05) is 5.38 Å². The molecule has 66 valence electrons. The van der Waals surface area contributed by atoms with Crippen LogP contribution in [0.1, 0.15) is 11.4 Å². The van der Waals surface area contributed by atoms with Crippen LogP contribution in [0.2, 0.25) is 0 Å². The molecule has 3 nitrogen and oxygen atoms in total. The van der Waals surface area contributed by atoms with Crippen molar-refractivity contribution >= 4 is 11.3 Å². The summed E-state index contributed by atoms with van der Waals surface area (Å²) in [6.45, 7) is 1.62. The van der Waals surface area contributed by atoms with Crippen LogP contribution in [0.3, 0.4) is 0 Å². The fourth-order valence-corrected chi connectivity index (χ4v) is 2.26. The van der Waals surface area contributed by atoms with Crippen molar-refractivity contribution in [2.24, 2.45) is 0 Å². The third-order valence-electron chi connectivity index (χ3n) is 2.18. The van der Waals surface area contributed by atoms with Crippen LogP contribution in [-0.4, -0.2) is 28.8 Å². The zero-order chi connectivity index (χ0) is 8.44. The lowest BCUT2D eigenvalue weighted by molar-refractivity contribution is 0.0618. The smallest absolute Gasteiger partial charge is 0.0954 e. The normalized spacial score (nSPS) is 29.4. The minimum atomic E-state index is -0.544. The number of hydrogen-bond donors (Lipinski definition) is 2. The van der Waals surface area contributed by atoms with Crippen LogP contribution in [0, 0.1) is 0 Å². The lowest BCUT2D eigenvalue weighted by Gasteiger charge is -2.19. The van der Waals surface area contributed by atoms with E-state index in [1.54, 1.807) is 17.5 Å². The highest BCUT2D eigenvalue weighted by molar-refractivity contribution is 7.09. The Hall–Kier alpha value is -0.450. The molecule has 2 N–H and O–H groups in total. The number of thiazole rings is 1. The Morgan fingerprint density at radius 3 is 3.25 bits per heavy atom. The second-order valence-corrected chi connectivity index (χ2v) is 4.23. The predicted octanol–water partition coefficient (Wildman–Crippen LogP) is 0.410. The van der Waals surface area contributed by atoms with E-state index in [1.165, 1.54) is 0 Å². The number of nitrogens with zero attached hydrogens (tertiary/aromatic N) is 1. The molecule has 1 saturated heterocycles. The summed E-state index contributed by atoms with van der Waals surface area (Å²) in [5.74, 6) is 0. The van der Waals surface area contributed by atoms with Crippen LogP contribution in [0.5, 0.6) is 0 Å². The van der Waals surface area contributed by atoms with Crippen LogP contribution in [0.15, 0.2) is 11.6 Å². The summed E-state index contributed by atoms with van der Waals surface area (Å²) < 4.78 is 0. The highest BCUT2D eigenvalue weighted by Gasteiger charge is 2.31. The second-order valence-electron chi connectivity index (χ2n) is 3.25. The zero-order valence-electron chi connectivity index (χ0n) is 6.79. The van der Waals surface area contributed by atoms with Crippen LogP contribution in [0.4, 0.5) is 0 Å². The molecule has 0 aliphatic carbocycles. The van der Waals surface area contributed by atoms with Crippen molar-refractivity contribution < 1.29 is 5.11 Å². The van der Waals surface area contributed by atoms with E-state index in [9.17, 15) is 5.11 Å². The molecular formula is C8H12N2OS. The Morgan fingerprint density at radius 2 is 2.67 bits per heavy atom. The Labute approximate surface area is 75.5 Å². The molecule has 1 aliphatic heterocycles. The van der Waals surface area contributed by atoms with Gasteiger partial charge in [0.05, 0.1) is 10.6 Å². The highest BCUT2D eigenvalue weighted by atomic mass is 32.1. The third kappa shape index (κ3) is 1.65. The van der Waals surface area contributed by atoms with Crippen molar-refractivity contribution in [1.82, 2.24) is 10.3 Å². The van der Waals surface area contributed by atoms with Gasteiger partial charge < -0.3 is 10.4 Å². The van der Waals surface area contributed by atoms with E-state index in [0.29, 0.717) is 13.0 Å². The first-order valence-electron chi connectivity index (χ1n) is 4.10. The molecule has 0 saturated carbocycles. The number of rotatable bonds is 2. The molecule has 1 aliphatic rings. The van der Waals surface area contributed by atoms with Gasteiger partial charge in [-0.25, -0.2) is 4.98 Å². The average molecular weight is 184 g/mol. The molecule has 12 heavy (non-hydrogen) atoms. The van der Waals surface area contributed by atoms with E-state index < -0.39 is 5.60 Å². The molecule has 2 rings (SSSR count). The first-order chi connectivity index (χ1) is 5.79. The standard InChI is InChI=1S/C8H12N2OS/c11-8(1-2-9-6-8)5-7-10-3-4-12-7/h3-4,9,11H,1-2,5-6H2. The van der Waals surface area contributed by atoms with Crippen molar-refractivity contribution in [3.05, 3.63) is 16.6 Å². The monoisotopic (exact) mass is 184 g/mol. The molecule has 1 aromatic rings. The van der Waals surface area contributed by atoms with Gasteiger partial charge in [0.15, 0.2) is 0 Å². The number of β-amino-alcohol motifs (C(OH)–C–C–N with tert-alkyl or cyclic N) is 1. The number of nitrogens with one attached hydrogen (secondary N) is 1. The van der Waals surface area contributed by atoms with Crippen LogP contribution < -0.4 is 5.32 Å². The summed E-state index contributed by atoms with van der Waals surface area (Å²) in [7, 11) is 0. The average Bonchev–Trinajstić information content (AvgIpc) is 2.62. The van der Waals surface area contributed by atoms with Gasteiger partial charge in [0.1, 0.15) is 0 Å². The molecule has 1 atom stereocenters. The summed E-state index contributed by atoms with van der Waals surface area (Å²) in [6, 6.07) is 0. The summed E-state index contributed by atoms with van der Waals surface area (Å²) in [6.07, 6.45) is 3.32. The Morgan fingerprint density at radius 1 is 1.75 bits per heavy atom. The summed E-state index contributed by atoms with van der Waals surface area (Å²) in [5.41, 5.74) is -0.544. The third-order valence-corrected chi connectivity index (χ3v) is 2.96. The van der Waals surface area contributed by atoms with Gasteiger partial charge in [-0.05, 0) is 13.0 Å². The lowest BCUT2D eigenvalue weighted by atomic mass is 10.00. The quantitative estimate of drug-likeness (QED) is 0.699. The Balaban J connectivity index is 2.02. The van der Waals surface area contributed by atoms with E-state index in [4.69, 9.17) is 0 Å². The predicted molar refractivity (Wildman–Crippen MR) is 48.3 cm³/mol. The van der Waals surface area contributed by atoms with Gasteiger partial charge in [0.2, 0.25) is 0 Å². The SMILES string of the molecule is OC1(Cc2nccs2)CCNC1. The molecule has 0 radical (unpaired) electrons. The Bertz CT molecular complexity index is 242. The molecule has 0 bridgehead atoms. The van der Waals surface area contributed by atoms with Gasteiger partial charge in [-0.3, -0.25) is 0 Å². The summed E-state index contributed by atoms with van der Waals surface area (Å²) in [4.78, 5) is 4.16. The fourth-order valence-electron chi connectivity index (χ4n) is 1.50. The minimum Gasteiger partial charge on any atom is -0.388 e. The lowest BCUT2D eigenvalue weighted by Crippen LogP contribution is -2.33. The molecule has 1 aromatic heterocycles. The first-order valence-corrected chi connectivity index (χ1v) is 4.98. The van der Waals surface area contributed by atoms with Crippen LogP contribution in [-0.2, 0) is 6.42 Å². The van der Waals surface area contributed by atoms with Crippen molar-refractivity contribution in [2.75, 3.05) is 13.1 Å². The maximum absolute atomic E-state index is 9.97. The van der Waals surface area contributed by atoms with Crippen molar-refractivity contribution in [3.63, 3.8) is 0 Å². The zero-order valence-corrected chi connectivity index (χ0v) is 7.60. The highest BCUT2D eigenvalue weighted by Crippen LogP contribution is 2.21. The van der Waals surface area contributed by atoms with E-state index in [0.717, 1.165) is 18.0 Å². The van der Waals surface area contributed by atoms with Gasteiger partial charge >= 0.3 is 0 Å². The number of aromatic nitrogens is 1. The number of hydrogen-bond acceptors (Lipinski definition) is 4. The molecule has 0 aromatic carbocycles. The van der Waals surface area contributed by atoms with Crippen molar-refractivity contribution in [1.29, 1.82) is 0 Å². The molecule has 0 amide bonds. The van der Waals surface area contributed by atoms with Crippen molar-refractivity contribution in [2.45, 2.75) is 18.4 Å². The Kier molecular flexibility index (Phi) is 2.12. The van der Waals surface area contributed by atoms with Crippen LogP contribution >= 0.6 is 11.3 Å². The molecule has 2 heterocycles. The van der Waals surface area contributed by atoms with Crippen molar-refractivity contribution in [3.8, 4) is 0 Å². The number of aliphatic hydroxyl groups is 1. The maximum Gasteiger partial charge on any atom is 0.0954 e. The first kappa shape index (κ1) is 8.16. The summed E-state index contributed by atoms with van der Waals surface area (Å²) in [5, 5.41) is 16.1. The van der Waals surface area contributed by atoms with E-state index in [-0.39, 0.29) is 0 Å². The molecule has 4 heteroatoms. The second kappa shape index (κ2) is 3.12. The molecule has 1 fully saturated rings. The van der Waals surface area contributed by atoms with Gasteiger partial charge in [0, 0.05) is 24.5 Å². The van der Waals surface area contributed by atoms with Gasteiger partial charge in [0.25, 0.3) is 0 Å². The largest absolute Gasteiger partial charge is 0.388 e. The van der Waals surface area contributed by atoms with Gasteiger partial charge in [-0.2, -0.15) is 0 Å². The molecular weight excluding hydrogens is 172 g/mol. The van der Waals surface area contributed by atoms with Gasteiger partial charge in [-0.1, -0.05) is 0 Å². The van der Waals surface area contributed by atoms with Crippen LogP contribution in [0.25, 0.3) is 0 Å². The van der Waals surface area contributed by atoms with E-state index >= 15 is 0 Å². The topological polar surface area (TPSA) is 45.2 Å². The molecule has 0 spiro atoms. The maximum atomic E-state index is 9.97.